The molecule has 0 saturated heterocycles. The van der Waals surface area contributed by atoms with Crippen LogP contribution in [0, 0.1) is 0 Å². The summed E-state index contributed by atoms with van der Waals surface area (Å²) in [7, 11) is 1.62. The minimum Gasteiger partial charge on any atom is -0.494 e. The van der Waals surface area contributed by atoms with Gasteiger partial charge in [-0.25, -0.2) is 0 Å². The van der Waals surface area contributed by atoms with Crippen molar-refractivity contribution in [1.82, 2.24) is 25.3 Å². The second kappa shape index (κ2) is 9.25. The van der Waals surface area contributed by atoms with Crippen molar-refractivity contribution in [3.63, 3.8) is 0 Å². The van der Waals surface area contributed by atoms with Crippen molar-refractivity contribution < 1.29 is 19.1 Å². The van der Waals surface area contributed by atoms with Gasteiger partial charge in [0.05, 0.1) is 13.2 Å². The van der Waals surface area contributed by atoms with E-state index in [4.69, 9.17) is 4.74 Å². The Morgan fingerprint density at radius 1 is 1.24 bits per heavy atom. The zero-order chi connectivity index (χ0) is 23.6. The number of para-hydroxylation sites is 1. The molecule has 9 heteroatoms. The number of carbonyl (C=O) groups excluding carboxylic acids is 3. The number of aromatic nitrogens is 2. The molecule has 2 aliphatic rings. The van der Waals surface area contributed by atoms with Crippen molar-refractivity contribution in [1.29, 1.82) is 0 Å². The van der Waals surface area contributed by atoms with Crippen LogP contribution in [-0.4, -0.2) is 57.6 Å². The van der Waals surface area contributed by atoms with Gasteiger partial charge in [0, 0.05) is 31.3 Å². The fraction of sp³-hybridized carbons (Fsp3) is 0.500. The number of nitrogens with zero attached hydrogens (tertiary/aromatic N) is 3. The highest BCUT2D eigenvalue weighted by Crippen LogP contribution is 2.27. The van der Waals surface area contributed by atoms with E-state index >= 15 is 0 Å². The first kappa shape index (κ1) is 22.8. The maximum Gasteiger partial charge on any atom is 0.272 e. The van der Waals surface area contributed by atoms with Crippen LogP contribution < -0.4 is 15.4 Å². The summed E-state index contributed by atoms with van der Waals surface area (Å²) in [6.45, 7) is 4.63. The third-order valence-electron chi connectivity index (χ3n) is 6.63. The molecule has 2 heterocycles. The second-order valence-electron chi connectivity index (χ2n) is 8.89. The summed E-state index contributed by atoms with van der Waals surface area (Å²) in [5, 5.41) is 10.3. The molecule has 0 radical (unpaired) electrons. The number of amides is 3. The first-order chi connectivity index (χ1) is 15.8. The average molecular weight is 454 g/mol. The van der Waals surface area contributed by atoms with Gasteiger partial charge in [0.2, 0.25) is 5.91 Å². The van der Waals surface area contributed by atoms with E-state index in [-0.39, 0.29) is 36.6 Å². The molecule has 33 heavy (non-hydrogen) atoms. The number of hydrogen-bond donors (Lipinski definition) is 2. The van der Waals surface area contributed by atoms with Gasteiger partial charge >= 0.3 is 0 Å². The van der Waals surface area contributed by atoms with E-state index in [0.717, 1.165) is 31.2 Å². The lowest BCUT2D eigenvalue weighted by Crippen LogP contribution is -2.63. The summed E-state index contributed by atoms with van der Waals surface area (Å²) >= 11 is 0. The normalized spacial score (nSPS) is 20.5. The molecular formula is C24H31N5O4. The van der Waals surface area contributed by atoms with E-state index in [9.17, 15) is 14.4 Å². The first-order valence-corrected chi connectivity index (χ1v) is 11.5. The molecule has 1 atom stereocenters. The van der Waals surface area contributed by atoms with Gasteiger partial charge in [-0.3, -0.25) is 19.1 Å². The van der Waals surface area contributed by atoms with Crippen LogP contribution in [0.1, 0.15) is 66.1 Å². The fourth-order valence-electron chi connectivity index (χ4n) is 4.46. The van der Waals surface area contributed by atoms with Crippen molar-refractivity contribution in [3.05, 3.63) is 47.3 Å². The molecule has 0 bridgehead atoms. The second-order valence-corrected chi connectivity index (χ2v) is 8.89. The molecule has 176 valence electrons. The monoisotopic (exact) mass is 453 g/mol. The number of benzene rings is 1. The number of carbonyl (C=O) groups is 3. The summed E-state index contributed by atoms with van der Waals surface area (Å²) in [5.41, 5.74) is 0.205. The van der Waals surface area contributed by atoms with E-state index in [1.54, 1.807) is 14.0 Å². The quantitative estimate of drug-likeness (QED) is 0.668. The van der Waals surface area contributed by atoms with Gasteiger partial charge in [-0.2, -0.15) is 5.10 Å². The lowest BCUT2D eigenvalue weighted by Gasteiger charge is -2.41. The predicted molar refractivity (Wildman–Crippen MR) is 122 cm³/mol. The number of rotatable bonds is 7. The van der Waals surface area contributed by atoms with Gasteiger partial charge in [0.1, 0.15) is 17.0 Å². The highest BCUT2D eigenvalue weighted by atomic mass is 16.5. The number of fused-ring (bicyclic) bond motifs is 1. The van der Waals surface area contributed by atoms with Gasteiger partial charge in [-0.05, 0) is 32.8 Å². The number of likely N-dealkylation sites (N-methyl/N-ethyl adjacent to an activating group) is 1. The van der Waals surface area contributed by atoms with Crippen LogP contribution >= 0.6 is 0 Å². The molecule has 1 aromatic heterocycles. The summed E-state index contributed by atoms with van der Waals surface area (Å²) in [5.74, 6) is -0.204. The number of hydrogen-bond acceptors (Lipinski definition) is 5. The Bertz CT molecular complexity index is 1060. The highest BCUT2D eigenvalue weighted by Gasteiger charge is 2.46. The van der Waals surface area contributed by atoms with Crippen molar-refractivity contribution in [2.45, 2.75) is 64.2 Å². The Morgan fingerprint density at radius 3 is 2.70 bits per heavy atom. The molecule has 2 aromatic rings. The van der Waals surface area contributed by atoms with E-state index < -0.39 is 11.4 Å². The number of nitrogens with one attached hydrogen (secondary N) is 2. The van der Waals surface area contributed by atoms with E-state index in [1.165, 1.54) is 15.6 Å². The van der Waals surface area contributed by atoms with Crippen molar-refractivity contribution in [2.24, 2.45) is 0 Å². The third kappa shape index (κ3) is 4.44. The van der Waals surface area contributed by atoms with Gasteiger partial charge in [-0.1, -0.05) is 31.0 Å². The highest BCUT2D eigenvalue weighted by molar-refractivity contribution is 6.01. The lowest BCUT2D eigenvalue weighted by atomic mass is 9.95. The van der Waals surface area contributed by atoms with Crippen LogP contribution in [0.3, 0.4) is 0 Å². The Balaban J connectivity index is 1.48. The summed E-state index contributed by atoms with van der Waals surface area (Å²) in [6.07, 6.45) is 4.13. The van der Waals surface area contributed by atoms with Crippen LogP contribution in [0.5, 0.6) is 5.75 Å². The van der Waals surface area contributed by atoms with Crippen LogP contribution in [0.25, 0.3) is 0 Å². The van der Waals surface area contributed by atoms with E-state index in [1.807, 2.05) is 31.2 Å². The Morgan fingerprint density at radius 2 is 1.97 bits per heavy atom. The summed E-state index contributed by atoms with van der Waals surface area (Å²) < 4.78 is 7.07. The molecular weight excluding hydrogens is 422 g/mol. The maximum atomic E-state index is 13.1. The fourth-order valence-corrected chi connectivity index (χ4v) is 4.46. The molecule has 0 unspecified atom stereocenters. The maximum absolute atomic E-state index is 13.1. The predicted octanol–water partition coefficient (Wildman–Crippen LogP) is 2.11. The molecule has 4 rings (SSSR count). The largest absolute Gasteiger partial charge is 0.494 e. The van der Waals surface area contributed by atoms with Gasteiger partial charge in [0.25, 0.3) is 11.8 Å². The standard InChI is InChI=1S/C24H31N5O4/c1-4-33-20-12-8-5-9-16(20)14-25-21(30)18-13-19-22(31)28(3)24(2,15-29(19)27-18)23(32)26-17-10-6-7-11-17/h5,8-9,12-13,17H,4,6-7,10-11,14-15H2,1-3H3,(H,25,30)(H,26,32)/t24-/m0/s1. The third-order valence-corrected chi connectivity index (χ3v) is 6.63. The van der Waals surface area contributed by atoms with Crippen LogP contribution in [-0.2, 0) is 17.9 Å². The van der Waals surface area contributed by atoms with Crippen LogP contribution in [0.15, 0.2) is 30.3 Å². The zero-order valence-corrected chi connectivity index (χ0v) is 19.4. The summed E-state index contributed by atoms with van der Waals surface area (Å²) in [6, 6.07) is 9.13. The van der Waals surface area contributed by atoms with Gasteiger partial charge < -0.3 is 20.3 Å². The van der Waals surface area contributed by atoms with Crippen LogP contribution in [0.2, 0.25) is 0 Å². The first-order valence-electron chi connectivity index (χ1n) is 11.5. The number of ether oxygens (including phenoxy) is 1. The van der Waals surface area contributed by atoms with E-state index in [2.05, 4.69) is 15.7 Å². The Hall–Kier alpha value is -3.36. The van der Waals surface area contributed by atoms with Crippen molar-refractivity contribution >= 4 is 17.7 Å². The molecule has 0 spiro atoms. The van der Waals surface area contributed by atoms with Crippen LogP contribution in [0.4, 0.5) is 0 Å². The van der Waals surface area contributed by atoms with Crippen molar-refractivity contribution in [3.8, 4) is 5.75 Å². The van der Waals surface area contributed by atoms with Crippen molar-refractivity contribution in [2.75, 3.05) is 13.7 Å². The average Bonchev–Trinajstić information content (AvgIpc) is 3.47. The topological polar surface area (TPSA) is 106 Å². The molecule has 3 amide bonds. The molecule has 1 aliphatic heterocycles. The molecule has 1 fully saturated rings. The molecule has 1 aromatic carbocycles. The minimum atomic E-state index is -1.08. The zero-order valence-electron chi connectivity index (χ0n) is 19.4. The Kier molecular flexibility index (Phi) is 6.40. The van der Waals surface area contributed by atoms with Gasteiger partial charge in [0.15, 0.2) is 5.69 Å². The molecule has 1 saturated carbocycles. The Labute approximate surface area is 193 Å². The van der Waals surface area contributed by atoms with Gasteiger partial charge in [-0.15, -0.1) is 0 Å². The SMILES string of the molecule is CCOc1ccccc1CNC(=O)c1cc2n(n1)C[C@@](C)(C(=O)NC1CCCC1)N(C)C2=O. The molecule has 2 N–H and O–H groups in total. The minimum absolute atomic E-state index is 0.140. The molecule has 1 aliphatic carbocycles. The lowest BCUT2D eigenvalue weighted by molar-refractivity contribution is -0.133. The smallest absolute Gasteiger partial charge is 0.272 e. The molecule has 9 nitrogen and oxygen atoms in total. The van der Waals surface area contributed by atoms with E-state index in [0.29, 0.717) is 18.1 Å². The summed E-state index contributed by atoms with van der Waals surface area (Å²) in [4.78, 5) is 40.4.